The number of amides is 2. The summed E-state index contributed by atoms with van der Waals surface area (Å²) in [6, 6.07) is 18.1. The summed E-state index contributed by atoms with van der Waals surface area (Å²) < 4.78 is 0. The average molecular weight is 482 g/mol. The van der Waals surface area contributed by atoms with E-state index < -0.39 is 0 Å². The first kappa shape index (κ1) is 23.3. The summed E-state index contributed by atoms with van der Waals surface area (Å²) in [4.78, 5) is 30.0. The molecule has 3 aromatic rings. The molecule has 1 aliphatic rings. The SMILES string of the molecule is Cc1ccccc1C(=O)Nc1ccc(C(=O)N2CCC(N(C)C)c3cc(Cl)ccc32)c(Cl)c1. The van der Waals surface area contributed by atoms with E-state index >= 15 is 0 Å². The number of fused-ring (bicyclic) bond motifs is 1. The Morgan fingerprint density at radius 1 is 1.00 bits per heavy atom. The van der Waals surface area contributed by atoms with Crippen LogP contribution in [0.1, 0.15) is 44.3 Å². The van der Waals surface area contributed by atoms with Crippen LogP contribution in [0.3, 0.4) is 0 Å². The molecule has 0 bridgehead atoms. The van der Waals surface area contributed by atoms with E-state index in [0.717, 1.165) is 23.2 Å². The summed E-state index contributed by atoms with van der Waals surface area (Å²) in [6.07, 6.45) is 0.786. The molecule has 1 atom stereocenters. The number of carbonyl (C=O) groups excluding carboxylic acids is 2. The largest absolute Gasteiger partial charge is 0.322 e. The van der Waals surface area contributed by atoms with Crippen LogP contribution in [0.15, 0.2) is 60.7 Å². The van der Waals surface area contributed by atoms with Crippen molar-refractivity contribution in [1.82, 2.24) is 4.90 Å². The van der Waals surface area contributed by atoms with Gasteiger partial charge < -0.3 is 15.1 Å². The van der Waals surface area contributed by atoms with Crippen LogP contribution in [-0.2, 0) is 0 Å². The Bertz CT molecular complexity index is 1230. The highest BCUT2D eigenvalue weighted by atomic mass is 35.5. The lowest BCUT2D eigenvalue weighted by molar-refractivity contribution is 0.0979. The van der Waals surface area contributed by atoms with Crippen molar-refractivity contribution < 1.29 is 9.59 Å². The fourth-order valence-corrected chi connectivity index (χ4v) is 4.69. The van der Waals surface area contributed by atoms with Gasteiger partial charge in [0.1, 0.15) is 0 Å². The normalized spacial score (nSPS) is 15.3. The Kier molecular flexibility index (Phi) is 6.75. The second kappa shape index (κ2) is 9.56. The molecule has 0 saturated carbocycles. The molecule has 4 rings (SSSR count). The molecule has 33 heavy (non-hydrogen) atoms. The van der Waals surface area contributed by atoms with Crippen molar-refractivity contribution >= 4 is 46.4 Å². The van der Waals surface area contributed by atoms with Crippen LogP contribution in [-0.4, -0.2) is 37.4 Å². The molecular weight excluding hydrogens is 457 g/mol. The summed E-state index contributed by atoms with van der Waals surface area (Å²) in [5.41, 5.74) is 4.24. The van der Waals surface area contributed by atoms with Crippen molar-refractivity contribution in [3.8, 4) is 0 Å². The second-order valence-corrected chi connectivity index (χ2v) is 9.24. The van der Waals surface area contributed by atoms with Gasteiger partial charge in [-0.25, -0.2) is 0 Å². The van der Waals surface area contributed by atoms with Gasteiger partial charge in [-0.05, 0) is 81.0 Å². The third kappa shape index (κ3) is 4.76. The molecule has 1 N–H and O–H groups in total. The third-order valence-electron chi connectivity index (χ3n) is 5.98. The summed E-state index contributed by atoms with van der Waals surface area (Å²) in [5, 5.41) is 3.78. The minimum absolute atomic E-state index is 0.178. The van der Waals surface area contributed by atoms with E-state index in [1.54, 1.807) is 35.2 Å². The van der Waals surface area contributed by atoms with Gasteiger partial charge in [-0.1, -0.05) is 41.4 Å². The van der Waals surface area contributed by atoms with Crippen molar-refractivity contribution in [2.75, 3.05) is 30.9 Å². The van der Waals surface area contributed by atoms with Gasteiger partial charge >= 0.3 is 0 Å². The van der Waals surface area contributed by atoms with Crippen molar-refractivity contribution in [3.05, 3.63) is 93.0 Å². The summed E-state index contributed by atoms with van der Waals surface area (Å²) >= 11 is 12.8. The van der Waals surface area contributed by atoms with Crippen molar-refractivity contribution in [1.29, 1.82) is 0 Å². The molecule has 0 aliphatic carbocycles. The monoisotopic (exact) mass is 481 g/mol. The topological polar surface area (TPSA) is 52.7 Å². The zero-order valence-corrected chi connectivity index (χ0v) is 20.2. The first-order chi connectivity index (χ1) is 15.8. The maximum atomic E-state index is 13.5. The van der Waals surface area contributed by atoms with Crippen molar-refractivity contribution in [2.45, 2.75) is 19.4 Å². The molecule has 0 aromatic heterocycles. The van der Waals surface area contributed by atoms with Gasteiger partial charge in [0, 0.05) is 34.5 Å². The van der Waals surface area contributed by atoms with E-state index in [1.807, 2.05) is 51.4 Å². The third-order valence-corrected chi connectivity index (χ3v) is 6.53. The molecule has 3 aromatic carbocycles. The molecule has 0 fully saturated rings. The lowest BCUT2D eigenvalue weighted by Crippen LogP contribution is -2.39. The number of hydrogen-bond donors (Lipinski definition) is 1. The van der Waals surface area contributed by atoms with E-state index in [4.69, 9.17) is 23.2 Å². The highest BCUT2D eigenvalue weighted by Gasteiger charge is 2.31. The zero-order chi connectivity index (χ0) is 23.7. The Morgan fingerprint density at radius 2 is 1.76 bits per heavy atom. The first-order valence-electron chi connectivity index (χ1n) is 10.7. The molecule has 0 saturated heterocycles. The number of anilines is 2. The van der Waals surface area contributed by atoms with E-state index in [9.17, 15) is 9.59 Å². The van der Waals surface area contributed by atoms with Crippen molar-refractivity contribution in [2.24, 2.45) is 0 Å². The Labute approximate surface area is 203 Å². The number of nitrogens with zero attached hydrogens (tertiary/aromatic N) is 2. The fourth-order valence-electron chi connectivity index (χ4n) is 4.25. The molecule has 170 valence electrons. The molecule has 7 heteroatoms. The van der Waals surface area contributed by atoms with Crippen LogP contribution in [0.5, 0.6) is 0 Å². The van der Waals surface area contributed by atoms with Gasteiger partial charge in [0.05, 0.1) is 10.6 Å². The van der Waals surface area contributed by atoms with E-state index in [0.29, 0.717) is 28.4 Å². The predicted octanol–water partition coefficient (Wildman–Crippen LogP) is 6.21. The quantitative estimate of drug-likeness (QED) is 0.481. The minimum Gasteiger partial charge on any atom is -0.322 e. The Balaban J connectivity index is 1.59. The number of halogens is 2. The first-order valence-corrected chi connectivity index (χ1v) is 11.5. The van der Waals surface area contributed by atoms with Crippen LogP contribution in [0.4, 0.5) is 11.4 Å². The molecule has 0 spiro atoms. The predicted molar refractivity (Wildman–Crippen MR) is 135 cm³/mol. The molecule has 1 heterocycles. The Morgan fingerprint density at radius 3 is 2.45 bits per heavy atom. The maximum Gasteiger partial charge on any atom is 0.259 e. The van der Waals surface area contributed by atoms with Crippen LogP contribution < -0.4 is 10.2 Å². The standard InChI is InChI=1S/C26H25Cl2N3O2/c1-16-6-4-5-7-19(16)25(32)29-18-9-10-20(22(28)15-18)26(33)31-13-12-23(30(2)3)21-14-17(27)8-11-24(21)31/h4-11,14-15,23H,12-13H2,1-3H3,(H,29,32). The highest BCUT2D eigenvalue weighted by molar-refractivity contribution is 6.35. The molecule has 0 radical (unpaired) electrons. The van der Waals surface area contributed by atoms with Gasteiger partial charge in [0.25, 0.3) is 11.8 Å². The molecule has 5 nitrogen and oxygen atoms in total. The fraction of sp³-hybridized carbons (Fsp3) is 0.231. The number of nitrogens with one attached hydrogen (secondary N) is 1. The number of rotatable bonds is 4. The Hall–Kier alpha value is -2.86. The molecular formula is C26H25Cl2N3O2. The molecule has 1 unspecified atom stereocenters. The minimum atomic E-state index is -0.222. The van der Waals surface area contributed by atoms with Gasteiger partial charge in [-0.3, -0.25) is 9.59 Å². The van der Waals surface area contributed by atoms with Crippen LogP contribution in [0, 0.1) is 6.92 Å². The van der Waals surface area contributed by atoms with Crippen LogP contribution in [0.2, 0.25) is 10.0 Å². The second-order valence-electron chi connectivity index (χ2n) is 8.39. The van der Waals surface area contributed by atoms with Gasteiger partial charge in [-0.15, -0.1) is 0 Å². The van der Waals surface area contributed by atoms with Crippen LogP contribution >= 0.6 is 23.2 Å². The lowest BCUT2D eigenvalue weighted by Gasteiger charge is -2.37. The van der Waals surface area contributed by atoms with E-state index in [-0.39, 0.29) is 22.9 Å². The number of hydrogen-bond acceptors (Lipinski definition) is 3. The zero-order valence-electron chi connectivity index (χ0n) is 18.7. The number of aryl methyl sites for hydroxylation is 1. The lowest BCUT2D eigenvalue weighted by atomic mass is 9.95. The van der Waals surface area contributed by atoms with Crippen LogP contribution in [0.25, 0.3) is 0 Å². The number of carbonyl (C=O) groups is 2. The maximum absolute atomic E-state index is 13.5. The molecule has 2 amide bonds. The van der Waals surface area contributed by atoms with E-state index in [1.165, 1.54) is 0 Å². The summed E-state index contributed by atoms with van der Waals surface area (Å²) in [7, 11) is 4.04. The highest BCUT2D eigenvalue weighted by Crippen LogP contribution is 2.39. The average Bonchev–Trinajstić information content (AvgIpc) is 2.78. The van der Waals surface area contributed by atoms with Crippen molar-refractivity contribution in [3.63, 3.8) is 0 Å². The van der Waals surface area contributed by atoms with Gasteiger partial charge in [-0.2, -0.15) is 0 Å². The summed E-state index contributed by atoms with van der Waals surface area (Å²) in [5.74, 6) is -0.405. The smallest absolute Gasteiger partial charge is 0.259 e. The summed E-state index contributed by atoms with van der Waals surface area (Å²) in [6.45, 7) is 2.45. The van der Waals surface area contributed by atoms with Gasteiger partial charge in [0.2, 0.25) is 0 Å². The van der Waals surface area contributed by atoms with Gasteiger partial charge in [0.15, 0.2) is 0 Å². The molecule has 1 aliphatic heterocycles. The number of benzene rings is 3. The van der Waals surface area contributed by atoms with E-state index in [2.05, 4.69) is 10.2 Å².